The van der Waals surface area contributed by atoms with Crippen molar-refractivity contribution in [2.24, 2.45) is 17.8 Å². The standard InChI is InChI=1S/C14H26O4/c1-6-10(4)9-11(5)12(13(15)17-7-2)14(16)18-8-3/h10-12H,6-9H2,1-5H3/t10-,11+/m0/s1. The van der Waals surface area contributed by atoms with Crippen LogP contribution in [0.15, 0.2) is 0 Å². The van der Waals surface area contributed by atoms with Gasteiger partial charge in [0, 0.05) is 0 Å². The molecule has 4 nitrogen and oxygen atoms in total. The minimum absolute atomic E-state index is 0.0574. The van der Waals surface area contributed by atoms with Crippen LogP contribution < -0.4 is 0 Å². The van der Waals surface area contributed by atoms with E-state index in [0.717, 1.165) is 12.8 Å². The molecule has 0 aromatic heterocycles. The third-order valence-electron chi connectivity index (χ3n) is 3.12. The van der Waals surface area contributed by atoms with Crippen molar-refractivity contribution in [3.8, 4) is 0 Å². The second-order valence-electron chi connectivity index (χ2n) is 4.71. The lowest BCUT2D eigenvalue weighted by atomic mass is 9.85. The minimum Gasteiger partial charge on any atom is -0.465 e. The summed E-state index contributed by atoms with van der Waals surface area (Å²) in [7, 11) is 0. The summed E-state index contributed by atoms with van der Waals surface area (Å²) in [5.74, 6) is -1.30. The van der Waals surface area contributed by atoms with E-state index in [9.17, 15) is 9.59 Å². The zero-order valence-electron chi connectivity index (χ0n) is 12.2. The number of carbonyl (C=O) groups excluding carboxylic acids is 2. The molecule has 0 aromatic rings. The second kappa shape index (κ2) is 8.95. The van der Waals surface area contributed by atoms with E-state index in [4.69, 9.17) is 9.47 Å². The van der Waals surface area contributed by atoms with E-state index >= 15 is 0 Å². The maximum Gasteiger partial charge on any atom is 0.320 e. The average molecular weight is 258 g/mol. The molecule has 0 heterocycles. The van der Waals surface area contributed by atoms with Gasteiger partial charge in [0.2, 0.25) is 0 Å². The van der Waals surface area contributed by atoms with Crippen LogP contribution in [0, 0.1) is 17.8 Å². The van der Waals surface area contributed by atoms with Crippen molar-refractivity contribution in [2.45, 2.75) is 47.5 Å². The van der Waals surface area contributed by atoms with Crippen molar-refractivity contribution in [2.75, 3.05) is 13.2 Å². The van der Waals surface area contributed by atoms with E-state index in [1.165, 1.54) is 0 Å². The Morgan fingerprint density at radius 3 is 1.72 bits per heavy atom. The van der Waals surface area contributed by atoms with Crippen LogP contribution >= 0.6 is 0 Å². The second-order valence-corrected chi connectivity index (χ2v) is 4.71. The highest BCUT2D eigenvalue weighted by Crippen LogP contribution is 2.24. The van der Waals surface area contributed by atoms with Crippen LogP contribution in [0.25, 0.3) is 0 Å². The first-order valence-corrected chi connectivity index (χ1v) is 6.81. The molecule has 0 fully saturated rings. The highest BCUT2D eigenvalue weighted by Gasteiger charge is 2.35. The monoisotopic (exact) mass is 258 g/mol. The zero-order chi connectivity index (χ0) is 14.1. The largest absolute Gasteiger partial charge is 0.465 e. The molecule has 4 heteroatoms. The fraction of sp³-hybridized carbons (Fsp3) is 0.857. The lowest BCUT2D eigenvalue weighted by Crippen LogP contribution is -2.34. The summed E-state index contributed by atoms with van der Waals surface area (Å²) >= 11 is 0. The molecule has 18 heavy (non-hydrogen) atoms. The fourth-order valence-electron chi connectivity index (χ4n) is 1.96. The van der Waals surface area contributed by atoms with Crippen molar-refractivity contribution >= 4 is 11.9 Å². The quantitative estimate of drug-likeness (QED) is 0.496. The van der Waals surface area contributed by atoms with Gasteiger partial charge < -0.3 is 9.47 Å². The summed E-state index contributed by atoms with van der Waals surface area (Å²) in [4.78, 5) is 23.7. The number of hydrogen-bond acceptors (Lipinski definition) is 4. The zero-order valence-corrected chi connectivity index (χ0v) is 12.2. The van der Waals surface area contributed by atoms with Crippen LogP contribution in [-0.4, -0.2) is 25.2 Å². The molecule has 0 N–H and O–H groups in total. The molecular formula is C14H26O4. The summed E-state index contributed by atoms with van der Waals surface area (Å²) in [5, 5.41) is 0. The summed E-state index contributed by atoms with van der Waals surface area (Å²) < 4.78 is 9.94. The third-order valence-corrected chi connectivity index (χ3v) is 3.12. The van der Waals surface area contributed by atoms with Gasteiger partial charge in [-0.25, -0.2) is 0 Å². The van der Waals surface area contributed by atoms with Crippen LogP contribution in [0.5, 0.6) is 0 Å². The van der Waals surface area contributed by atoms with E-state index in [1.807, 2.05) is 6.92 Å². The Bertz CT molecular complexity index is 245. The van der Waals surface area contributed by atoms with E-state index in [-0.39, 0.29) is 19.1 Å². The number of rotatable bonds is 8. The van der Waals surface area contributed by atoms with Gasteiger partial charge in [0.1, 0.15) is 0 Å². The van der Waals surface area contributed by atoms with Crippen LogP contribution in [0.2, 0.25) is 0 Å². The van der Waals surface area contributed by atoms with Gasteiger partial charge in [-0.3, -0.25) is 9.59 Å². The molecule has 0 saturated heterocycles. The van der Waals surface area contributed by atoms with Crippen molar-refractivity contribution in [1.29, 1.82) is 0 Å². The Morgan fingerprint density at radius 1 is 0.944 bits per heavy atom. The summed E-state index contributed by atoms with van der Waals surface area (Å²) in [5.41, 5.74) is 0. The van der Waals surface area contributed by atoms with Gasteiger partial charge in [-0.15, -0.1) is 0 Å². The molecule has 0 aliphatic carbocycles. The van der Waals surface area contributed by atoms with E-state index in [2.05, 4.69) is 13.8 Å². The first kappa shape index (κ1) is 16.9. The van der Waals surface area contributed by atoms with Crippen molar-refractivity contribution in [3.63, 3.8) is 0 Å². The minimum atomic E-state index is -0.793. The maximum atomic E-state index is 11.8. The lowest BCUT2D eigenvalue weighted by molar-refractivity contribution is -0.164. The highest BCUT2D eigenvalue weighted by atomic mass is 16.6. The lowest BCUT2D eigenvalue weighted by Gasteiger charge is -2.22. The summed E-state index contributed by atoms with van der Waals surface area (Å²) in [6.07, 6.45) is 1.85. The van der Waals surface area contributed by atoms with Crippen LogP contribution in [0.3, 0.4) is 0 Å². The Kier molecular flexibility index (Phi) is 8.42. The number of ether oxygens (including phenoxy) is 2. The summed E-state index contributed by atoms with van der Waals surface area (Å²) in [6.45, 7) is 10.2. The molecule has 106 valence electrons. The Labute approximate surface area is 110 Å². The van der Waals surface area contributed by atoms with Crippen LogP contribution in [-0.2, 0) is 19.1 Å². The van der Waals surface area contributed by atoms with Gasteiger partial charge in [-0.1, -0.05) is 27.2 Å². The highest BCUT2D eigenvalue weighted by molar-refractivity contribution is 5.95. The molecule has 0 aromatic carbocycles. The predicted molar refractivity (Wildman–Crippen MR) is 70.0 cm³/mol. The maximum absolute atomic E-state index is 11.8. The molecule has 0 saturated carbocycles. The molecule has 0 aliphatic rings. The van der Waals surface area contributed by atoms with Gasteiger partial charge in [0.25, 0.3) is 0 Å². The Hall–Kier alpha value is -1.06. The van der Waals surface area contributed by atoms with Gasteiger partial charge >= 0.3 is 11.9 Å². The van der Waals surface area contributed by atoms with E-state index < -0.39 is 17.9 Å². The van der Waals surface area contributed by atoms with Gasteiger partial charge in [0.05, 0.1) is 13.2 Å². The summed E-state index contributed by atoms with van der Waals surface area (Å²) in [6, 6.07) is 0. The van der Waals surface area contributed by atoms with Crippen molar-refractivity contribution in [3.05, 3.63) is 0 Å². The van der Waals surface area contributed by atoms with Gasteiger partial charge in [0.15, 0.2) is 5.92 Å². The van der Waals surface area contributed by atoms with E-state index in [1.54, 1.807) is 13.8 Å². The number of hydrogen-bond donors (Lipinski definition) is 0. The topological polar surface area (TPSA) is 52.6 Å². The number of carbonyl (C=O) groups is 2. The van der Waals surface area contributed by atoms with Crippen molar-refractivity contribution in [1.82, 2.24) is 0 Å². The molecule has 0 radical (unpaired) electrons. The average Bonchev–Trinajstić information content (AvgIpc) is 2.29. The molecule has 0 spiro atoms. The molecule has 0 amide bonds. The molecule has 2 atom stereocenters. The molecular weight excluding hydrogens is 232 g/mol. The first-order chi connectivity index (χ1) is 8.47. The molecule has 0 bridgehead atoms. The fourth-order valence-corrected chi connectivity index (χ4v) is 1.96. The smallest absolute Gasteiger partial charge is 0.320 e. The van der Waals surface area contributed by atoms with E-state index in [0.29, 0.717) is 5.92 Å². The number of esters is 2. The van der Waals surface area contributed by atoms with Crippen LogP contribution in [0.1, 0.15) is 47.5 Å². The Balaban J connectivity index is 4.73. The molecule has 0 rings (SSSR count). The first-order valence-electron chi connectivity index (χ1n) is 6.81. The normalized spacial score (nSPS) is 14.1. The van der Waals surface area contributed by atoms with Gasteiger partial charge in [-0.05, 0) is 32.1 Å². The third kappa shape index (κ3) is 5.52. The predicted octanol–water partition coefficient (Wildman–Crippen LogP) is 2.80. The van der Waals surface area contributed by atoms with Crippen LogP contribution in [0.4, 0.5) is 0 Å². The Morgan fingerprint density at radius 2 is 1.39 bits per heavy atom. The molecule has 0 aliphatic heterocycles. The SMILES string of the molecule is CCOC(=O)C(C(=O)OCC)[C@H](C)C[C@@H](C)CC. The van der Waals surface area contributed by atoms with Crippen molar-refractivity contribution < 1.29 is 19.1 Å². The molecule has 0 unspecified atom stereocenters. The van der Waals surface area contributed by atoms with Gasteiger partial charge in [-0.2, -0.15) is 0 Å².